The van der Waals surface area contributed by atoms with Crippen molar-refractivity contribution in [3.63, 3.8) is 0 Å². The van der Waals surface area contributed by atoms with Gasteiger partial charge in [0.05, 0.1) is 0 Å². The summed E-state index contributed by atoms with van der Waals surface area (Å²) in [7, 11) is 0. The first-order valence-electron chi connectivity index (χ1n) is 7.66. The molecule has 3 atom stereocenters. The van der Waals surface area contributed by atoms with Crippen LogP contribution in [0.1, 0.15) is 60.3 Å². The molecule has 0 aromatic carbocycles. The van der Waals surface area contributed by atoms with Crippen LogP contribution in [0.25, 0.3) is 0 Å². The minimum atomic E-state index is 0.258. The maximum atomic E-state index is 12.0. The van der Waals surface area contributed by atoms with Crippen LogP contribution in [0.2, 0.25) is 0 Å². The average Bonchev–Trinajstić information content (AvgIpc) is 2.26. The van der Waals surface area contributed by atoms with E-state index in [1.807, 2.05) is 0 Å². The van der Waals surface area contributed by atoms with Crippen molar-refractivity contribution < 1.29 is 4.79 Å². The zero-order valence-corrected chi connectivity index (χ0v) is 12.8. The Morgan fingerprint density at radius 1 is 1.22 bits per heavy atom. The molecule has 0 aromatic heterocycles. The van der Waals surface area contributed by atoms with Crippen molar-refractivity contribution in [2.24, 2.45) is 29.6 Å². The average molecular weight is 253 g/mol. The molecule has 0 spiro atoms. The third kappa shape index (κ3) is 4.99. The summed E-state index contributed by atoms with van der Waals surface area (Å²) in [5, 5.41) is 3.06. The summed E-state index contributed by atoms with van der Waals surface area (Å²) in [5.74, 6) is 3.64. The summed E-state index contributed by atoms with van der Waals surface area (Å²) in [6, 6.07) is 0. The van der Waals surface area contributed by atoms with Gasteiger partial charge < -0.3 is 5.32 Å². The van der Waals surface area contributed by atoms with E-state index < -0.39 is 0 Å². The zero-order valence-electron chi connectivity index (χ0n) is 12.8. The van der Waals surface area contributed by atoms with Gasteiger partial charge in [-0.2, -0.15) is 0 Å². The van der Waals surface area contributed by atoms with Gasteiger partial charge in [0.15, 0.2) is 0 Å². The van der Waals surface area contributed by atoms with Crippen LogP contribution in [-0.4, -0.2) is 12.5 Å². The maximum absolute atomic E-state index is 12.0. The summed E-state index contributed by atoms with van der Waals surface area (Å²) >= 11 is 0. The molecule has 1 aliphatic rings. The van der Waals surface area contributed by atoms with Crippen molar-refractivity contribution in [3.8, 4) is 0 Å². The SMILES string of the molecule is CC(C)CNC(=O)CC1CC(C)CCC1C(C)C. The van der Waals surface area contributed by atoms with Crippen LogP contribution in [0.15, 0.2) is 0 Å². The van der Waals surface area contributed by atoms with Crippen LogP contribution in [0.4, 0.5) is 0 Å². The van der Waals surface area contributed by atoms with E-state index in [2.05, 4.69) is 39.9 Å². The first-order chi connectivity index (χ1) is 8.40. The topological polar surface area (TPSA) is 29.1 Å². The minimum absolute atomic E-state index is 0.258. The maximum Gasteiger partial charge on any atom is 0.220 e. The molecule has 1 rings (SSSR count). The molecule has 0 aromatic rings. The Labute approximate surface area is 113 Å². The van der Waals surface area contributed by atoms with E-state index in [-0.39, 0.29) is 5.91 Å². The Morgan fingerprint density at radius 3 is 2.44 bits per heavy atom. The molecule has 0 saturated heterocycles. The predicted octanol–water partition coefficient (Wildman–Crippen LogP) is 3.86. The van der Waals surface area contributed by atoms with E-state index in [9.17, 15) is 4.79 Å². The van der Waals surface area contributed by atoms with Gasteiger partial charge in [0.25, 0.3) is 0 Å². The molecule has 0 bridgehead atoms. The number of nitrogens with one attached hydrogen (secondary N) is 1. The molecule has 1 fully saturated rings. The van der Waals surface area contributed by atoms with Gasteiger partial charge in [-0.05, 0) is 42.4 Å². The molecule has 0 radical (unpaired) electrons. The fraction of sp³-hybridized carbons (Fsp3) is 0.938. The second-order valence-corrected chi connectivity index (χ2v) is 6.99. The molecule has 2 nitrogen and oxygen atoms in total. The van der Waals surface area contributed by atoms with E-state index in [4.69, 9.17) is 0 Å². The summed E-state index contributed by atoms with van der Waals surface area (Å²) in [4.78, 5) is 12.0. The minimum Gasteiger partial charge on any atom is -0.356 e. The van der Waals surface area contributed by atoms with Gasteiger partial charge in [0, 0.05) is 13.0 Å². The van der Waals surface area contributed by atoms with Crippen molar-refractivity contribution in [2.75, 3.05) is 6.54 Å². The largest absolute Gasteiger partial charge is 0.356 e. The molecule has 3 unspecified atom stereocenters. The van der Waals surface area contributed by atoms with Crippen molar-refractivity contribution in [1.82, 2.24) is 5.32 Å². The highest BCUT2D eigenvalue weighted by atomic mass is 16.1. The lowest BCUT2D eigenvalue weighted by Crippen LogP contribution is -2.34. The van der Waals surface area contributed by atoms with Gasteiger partial charge >= 0.3 is 0 Å². The number of amides is 1. The lowest BCUT2D eigenvalue weighted by Gasteiger charge is -2.37. The number of carbonyl (C=O) groups excluding carboxylic acids is 1. The second-order valence-electron chi connectivity index (χ2n) is 6.99. The van der Waals surface area contributed by atoms with Crippen LogP contribution in [0.5, 0.6) is 0 Å². The first kappa shape index (κ1) is 15.5. The fourth-order valence-corrected chi connectivity index (χ4v) is 3.26. The molecule has 106 valence electrons. The van der Waals surface area contributed by atoms with E-state index >= 15 is 0 Å². The second kappa shape index (κ2) is 7.16. The van der Waals surface area contributed by atoms with Crippen molar-refractivity contribution in [2.45, 2.75) is 60.3 Å². The van der Waals surface area contributed by atoms with Gasteiger partial charge in [-0.3, -0.25) is 4.79 Å². The lowest BCUT2D eigenvalue weighted by molar-refractivity contribution is -0.123. The van der Waals surface area contributed by atoms with Gasteiger partial charge in [-0.15, -0.1) is 0 Å². The fourth-order valence-electron chi connectivity index (χ4n) is 3.26. The third-order valence-corrected chi connectivity index (χ3v) is 4.31. The number of hydrogen-bond donors (Lipinski definition) is 1. The molecule has 1 N–H and O–H groups in total. The van der Waals surface area contributed by atoms with Crippen LogP contribution in [0, 0.1) is 29.6 Å². The highest BCUT2D eigenvalue weighted by molar-refractivity contribution is 5.76. The Hall–Kier alpha value is -0.530. The summed E-state index contributed by atoms with van der Waals surface area (Å²) in [6.45, 7) is 12.0. The van der Waals surface area contributed by atoms with E-state index in [0.29, 0.717) is 17.8 Å². The quantitative estimate of drug-likeness (QED) is 0.792. The van der Waals surface area contributed by atoms with Crippen molar-refractivity contribution in [3.05, 3.63) is 0 Å². The van der Waals surface area contributed by atoms with E-state index in [0.717, 1.165) is 24.8 Å². The summed E-state index contributed by atoms with van der Waals surface area (Å²) < 4.78 is 0. The highest BCUT2D eigenvalue weighted by Crippen LogP contribution is 2.39. The van der Waals surface area contributed by atoms with Crippen molar-refractivity contribution >= 4 is 5.91 Å². The Morgan fingerprint density at radius 2 is 1.89 bits per heavy atom. The normalized spacial score (nSPS) is 28.7. The third-order valence-electron chi connectivity index (χ3n) is 4.31. The van der Waals surface area contributed by atoms with Crippen LogP contribution < -0.4 is 5.32 Å². The van der Waals surface area contributed by atoms with Crippen molar-refractivity contribution in [1.29, 1.82) is 0 Å². The molecule has 0 heterocycles. The Kier molecular flexibility index (Phi) is 6.17. The van der Waals surface area contributed by atoms with Gasteiger partial charge in [-0.1, -0.05) is 41.0 Å². The molecule has 0 aliphatic heterocycles. The predicted molar refractivity (Wildman–Crippen MR) is 77.3 cm³/mol. The molecular formula is C16H31NO. The summed E-state index contributed by atoms with van der Waals surface area (Å²) in [5.41, 5.74) is 0. The van der Waals surface area contributed by atoms with Gasteiger partial charge in [-0.25, -0.2) is 0 Å². The molecule has 1 amide bonds. The number of carbonyl (C=O) groups is 1. The number of rotatable bonds is 5. The summed E-state index contributed by atoms with van der Waals surface area (Å²) in [6.07, 6.45) is 4.62. The van der Waals surface area contributed by atoms with Crippen LogP contribution in [0.3, 0.4) is 0 Å². The zero-order chi connectivity index (χ0) is 13.7. The van der Waals surface area contributed by atoms with Crippen LogP contribution >= 0.6 is 0 Å². The van der Waals surface area contributed by atoms with Crippen LogP contribution in [-0.2, 0) is 4.79 Å². The standard InChI is InChI=1S/C16H31NO/c1-11(2)10-17-16(18)9-14-8-13(5)6-7-15(14)12(3)4/h11-15H,6-10H2,1-5H3,(H,17,18). The lowest BCUT2D eigenvalue weighted by atomic mass is 9.69. The van der Waals surface area contributed by atoms with Gasteiger partial charge in [0.1, 0.15) is 0 Å². The monoisotopic (exact) mass is 253 g/mol. The number of hydrogen-bond acceptors (Lipinski definition) is 1. The van der Waals surface area contributed by atoms with E-state index in [1.165, 1.54) is 19.3 Å². The molecule has 2 heteroatoms. The molecule has 18 heavy (non-hydrogen) atoms. The Balaban J connectivity index is 2.47. The first-order valence-corrected chi connectivity index (χ1v) is 7.66. The van der Waals surface area contributed by atoms with E-state index in [1.54, 1.807) is 0 Å². The van der Waals surface area contributed by atoms with Gasteiger partial charge in [0.2, 0.25) is 5.91 Å². The smallest absolute Gasteiger partial charge is 0.220 e. The molecule has 1 aliphatic carbocycles. The molecular weight excluding hydrogens is 222 g/mol. The highest BCUT2D eigenvalue weighted by Gasteiger charge is 2.31. The Bertz CT molecular complexity index is 260. The molecule has 1 saturated carbocycles.